The van der Waals surface area contributed by atoms with Gasteiger partial charge in [0.25, 0.3) is 0 Å². The van der Waals surface area contributed by atoms with E-state index in [4.69, 9.17) is 10.5 Å². The third-order valence-corrected chi connectivity index (χ3v) is 2.99. The van der Waals surface area contributed by atoms with Gasteiger partial charge in [-0.1, -0.05) is 41.5 Å². The highest BCUT2D eigenvalue weighted by molar-refractivity contribution is 5.58. The monoisotopic (exact) mass is 235 g/mol. The summed E-state index contributed by atoms with van der Waals surface area (Å²) in [4.78, 5) is 0. The van der Waals surface area contributed by atoms with Crippen molar-refractivity contribution in [3.05, 3.63) is 23.3 Å². The Morgan fingerprint density at radius 2 is 1.35 bits per heavy atom. The standard InChI is InChI=1S/C15H25NO/c1-14(2,3)10-8-11(15(4,5)6)13(17-7)9-12(10)16/h8-9H,16H2,1-7H3. The summed E-state index contributed by atoms with van der Waals surface area (Å²) in [5, 5.41) is 0. The van der Waals surface area contributed by atoms with E-state index in [-0.39, 0.29) is 10.8 Å². The minimum atomic E-state index is 0.0519. The van der Waals surface area contributed by atoms with Gasteiger partial charge >= 0.3 is 0 Å². The average Bonchev–Trinajstić information content (AvgIpc) is 2.13. The quantitative estimate of drug-likeness (QED) is 0.750. The molecule has 17 heavy (non-hydrogen) atoms. The Hall–Kier alpha value is -1.18. The van der Waals surface area contributed by atoms with E-state index in [0.29, 0.717) is 0 Å². The highest BCUT2D eigenvalue weighted by Gasteiger charge is 2.24. The van der Waals surface area contributed by atoms with Gasteiger partial charge in [-0.25, -0.2) is 0 Å². The Kier molecular flexibility index (Phi) is 3.47. The summed E-state index contributed by atoms with van der Waals surface area (Å²) < 4.78 is 5.44. The van der Waals surface area contributed by atoms with E-state index in [1.165, 1.54) is 11.1 Å². The first kappa shape index (κ1) is 13.9. The van der Waals surface area contributed by atoms with Crippen LogP contribution in [0.1, 0.15) is 52.7 Å². The maximum atomic E-state index is 6.12. The van der Waals surface area contributed by atoms with E-state index in [1.807, 2.05) is 6.07 Å². The number of hydrogen-bond acceptors (Lipinski definition) is 2. The van der Waals surface area contributed by atoms with Gasteiger partial charge < -0.3 is 10.5 Å². The second-order valence-electron chi connectivity index (χ2n) is 6.64. The fraction of sp³-hybridized carbons (Fsp3) is 0.600. The van der Waals surface area contributed by atoms with Crippen molar-refractivity contribution < 1.29 is 4.74 Å². The fourth-order valence-corrected chi connectivity index (χ4v) is 2.00. The first-order valence-electron chi connectivity index (χ1n) is 6.06. The lowest BCUT2D eigenvalue weighted by Gasteiger charge is -2.28. The summed E-state index contributed by atoms with van der Waals surface area (Å²) in [5.74, 6) is 0.878. The van der Waals surface area contributed by atoms with Crippen LogP contribution in [0.3, 0.4) is 0 Å². The molecular formula is C15H25NO. The molecule has 2 nitrogen and oxygen atoms in total. The van der Waals surface area contributed by atoms with Gasteiger partial charge in [0, 0.05) is 11.8 Å². The number of benzene rings is 1. The van der Waals surface area contributed by atoms with Gasteiger partial charge in [0.1, 0.15) is 5.75 Å². The van der Waals surface area contributed by atoms with Gasteiger partial charge in [-0.05, 0) is 28.0 Å². The van der Waals surface area contributed by atoms with Crippen LogP contribution in [-0.4, -0.2) is 7.11 Å². The van der Waals surface area contributed by atoms with Gasteiger partial charge in [-0.2, -0.15) is 0 Å². The number of nitrogens with two attached hydrogens (primary N) is 1. The lowest BCUT2D eigenvalue weighted by atomic mass is 9.79. The summed E-state index contributed by atoms with van der Waals surface area (Å²) in [6.45, 7) is 13.1. The maximum Gasteiger partial charge on any atom is 0.124 e. The van der Waals surface area contributed by atoms with Crippen LogP contribution < -0.4 is 10.5 Å². The summed E-state index contributed by atoms with van der Waals surface area (Å²) in [6.07, 6.45) is 0. The minimum absolute atomic E-state index is 0.0519. The lowest BCUT2D eigenvalue weighted by Crippen LogP contribution is -2.19. The summed E-state index contributed by atoms with van der Waals surface area (Å²) >= 11 is 0. The zero-order valence-corrected chi connectivity index (χ0v) is 12.1. The highest BCUT2D eigenvalue weighted by atomic mass is 16.5. The first-order valence-corrected chi connectivity index (χ1v) is 6.06. The van der Waals surface area contributed by atoms with E-state index < -0.39 is 0 Å². The Balaban J connectivity index is 3.49. The molecule has 0 saturated carbocycles. The third kappa shape index (κ3) is 2.93. The van der Waals surface area contributed by atoms with Gasteiger partial charge in [-0.3, -0.25) is 0 Å². The molecule has 0 aliphatic carbocycles. The van der Waals surface area contributed by atoms with Crippen molar-refractivity contribution in [3.63, 3.8) is 0 Å². The number of methoxy groups -OCH3 is 1. The number of anilines is 1. The van der Waals surface area contributed by atoms with Crippen LogP contribution in [-0.2, 0) is 10.8 Å². The molecular weight excluding hydrogens is 210 g/mol. The molecule has 0 radical (unpaired) electrons. The molecule has 0 fully saturated rings. The normalized spacial score (nSPS) is 12.6. The topological polar surface area (TPSA) is 35.2 Å². The van der Waals surface area contributed by atoms with Crippen molar-refractivity contribution in [2.45, 2.75) is 52.4 Å². The molecule has 1 aromatic rings. The van der Waals surface area contributed by atoms with Crippen molar-refractivity contribution in [1.29, 1.82) is 0 Å². The third-order valence-electron chi connectivity index (χ3n) is 2.99. The van der Waals surface area contributed by atoms with E-state index in [0.717, 1.165) is 11.4 Å². The van der Waals surface area contributed by atoms with Crippen LogP contribution >= 0.6 is 0 Å². The molecule has 0 heterocycles. The molecule has 0 spiro atoms. The molecule has 2 N–H and O–H groups in total. The fourth-order valence-electron chi connectivity index (χ4n) is 2.00. The molecule has 1 rings (SSSR count). The Morgan fingerprint density at radius 3 is 1.71 bits per heavy atom. The molecule has 0 unspecified atom stereocenters. The highest BCUT2D eigenvalue weighted by Crippen LogP contribution is 2.38. The molecule has 0 aromatic heterocycles. The van der Waals surface area contributed by atoms with Crippen LogP contribution in [0.5, 0.6) is 5.75 Å². The van der Waals surface area contributed by atoms with Crippen molar-refractivity contribution >= 4 is 5.69 Å². The van der Waals surface area contributed by atoms with Crippen LogP contribution in [0.2, 0.25) is 0 Å². The molecule has 96 valence electrons. The van der Waals surface area contributed by atoms with E-state index in [2.05, 4.69) is 47.6 Å². The van der Waals surface area contributed by atoms with Crippen LogP contribution in [0.4, 0.5) is 5.69 Å². The van der Waals surface area contributed by atoms with Crippen molar-refractivity contribution in [2.75, 3.05) is 12.8 Å². The molecule has 0 amide bonds. The Morgan fingerprint density at radius 1 is 0.882 bits per heavy atom. The zero-order valence-electron chi connectivity index (χ0n) is 12.1. The van der Waals surface area contributed by atoms with E-state index in [9.17, 15) is 0 Å². The van der Waals surface area contributed by atoms with E-state index in [1.54, 1.807) is 7.11 Å². The number of ether oxygens (including phenoxy) is 1. The zero-order chi connectivity index (χ0) is 13.4. The van der Waals surface area contributed by atoms with Gasteiger partial charge in [0.05, 0.1) is 7.11 Å². The summed E-state index contributed by atoms with van der Waals surface area (Å²) in [7, 11) is 1.70. The Bertz CT molecular complexity index is 408. The average molecular weight is 235 g/mol. The van der Waals surface area contributed by atoms with Crippen LogP contribution in [0.25, 0.3) is 0 Å². The van der Waals surface area contributed by atoms with Gasteiger partial charge in [-0.15, -0.1) is 0 Å². The SMILES string of the molecule is COc1cc(N)c(C(C)(C)C)cc1C(C)(C)C. The van der Waals surface area contributed by atoms with Crippen LogP contribution in [0, 0.1) is 0 Å². The first-order chi connectivity index (χ1) is 7.57. The van der Waals surface area contributed by atoms with Crippen LogP contribution in [0.15, 0.2) is 12.1 Å². The molecule has 0 atom stereocenters. The van der Waals surface area contributed by atoms with Crippen molar-refractivity contribution in [3.8, 4) is 5.75 Å². The summed E-state index contributed by atoms with van der Waals surface area (Å²) in [6, 6.07) is 4.13. The molecule has 0 aliphatic rings. The second kappa shape index (κ2) is 4.25. The predicted octanol–water partition coefficient (Wildman–Crippen LogP) is 3.87. The van der Waals surface area contributed by atoms with Crippen molar-refractivity contribution in [2.24, 2.45) is 0 Å². The largest absolute Gasteiger partial charge is 0.496 e. The number of nitrogen functional groups attached to an aromatic ring is 1. The molecule has 0 aliphatic heterocycles. The second-order valence-corrected chi connectivity index (χ2v) is 6.64. The molecule has 2 heteroatoms. The minimum Gasteiger partial charge on any atom is -0.496 e. The van der Waals surface area contributed by atoms with E-state index >= 15 is 0 Å². The smallest absolute Gasteiger partial charge is 0.124 e. The maximum absolute atomic E-state index is 6.12. The Labute approximate surface area is 105 Å². The number of rotatable bonds is 1. The van der Waals surface area contributed by atoms with Crippen molar-refractivity contribution in [1.82, 2.24) is 0 Å². The number of hydrogen-bond donors (Lipinski definition) is 1. The molecule has 0 bridgehead atoms. The predicted molar refractivity (Wildman–Crippen MR) is 74.8 cm³/mol. The molecule has 1 aromatic carbocycles. The lowest BCUT2D eigenvalue weighted by molar-refractivity contribution is 0.397. The molecule has 0 saturated heterocycles. The summed E-state index contributed by atoms with van der Waals surface area (Å²) in [5.41, 5.74) is 9.42. The van der Waals surface area contributed by atoms with Gasteiger partial charge in [0.15, 0.2) is 0 Å². The van der Waals surface area contributed by atoms with Gasteiger partial charge in [0.2, 0.25) is 0 Å².